The molecule has 0 aromatic carbocycles. The van der Waals surface area contributed by atoms with E-state index >= 15 is 0 Å². The van der Waals surface area contributed by atoms with Crippen LogP contribution in [0.2, 0.25) is 0 Å². The minimum absolute atomic E-state index is 0.689. The average Bonchev–Trinajstić information content (AvgIpc) is 2.01. The molecule has 1 heteroatoms. The number of hydrogen-bond donors (Lipinski definition) is 1. The van der Waals surface area contributed by atoms with E-state index in [1.54, 1.807) is 0 Å². The second kappa shape index (κ2) is 6.66. The van der Waals surface area contributed by atoms with Crippen LogP contribution >= 0.6 is 0 Å². The molecular weight excluding hydrogens is 134 g/mol. The third kappa shape index (κ3) is 6.36. The van der Waals surface area contributed by atoms with E-state index in [1.807, 2.05) is 0 Å². The number of rotatable bonds is 6. The molecule has 68 valence electrons. The largest absolute Gasteiger partial charge is 0.314 e. The SMILES string of the molecule is CCCC(C)CN[C@@H](C)CC. The first-order valence-electron chi connectivity index (χ1n) is 4.94. The molecule has 0 saturated carbocycles. The average molecular weight is 157 g/mol. The second-order valence-corrected chi connectivity index (χ2v) is 3.61. The normalized spacial score (nSPS) is 16.4. The summed E-state index contributed by atoms with van der Waals surface area (Å²) in [5.41, 5.74) is 0. The minimum Gasteiger partial charge on any atom is -0.314 e. The van der Waals surface area contributed by atoms with Crippen LogP contribution in [0.5, 0.6) is 0 Å². The first-order valence-corrected chi connectivity index (χ1v) is 4.94. The van der Waals surface area contributed by atoms with E-state index in [9.17, 15) is 0 Å². The van der Waals surface area contributed by atoms with Gasteiger partial charge in [-0.2, -0.15) is 0 Å². The van der Waals surface area contributed by atoms with Crippen molar-refractivity contribution in [2.45, 2.75) is 53.0 Å². The van der Waals surface area contributed by atoms with Crippen molar-refractivity contribution in [3.05, 3.63) is 0 Å². The van der Waals surface area contributed by atoms with E-state index in [0.29, 0.717) is 6.04 Å². The van der Waals surface area contributed by atoms with E-state index < -0.39 is 0 Å². The maximum Gasteiger partial charge on any atom is 0.00362 e. The molecule has 0 aromatic rings. The molecule has 0 heterocycles. The fourth-order valence-electron chi connectivity index (χ4n) is 1.14. The minimum atomic E-state index is 0.689. The van der Waals surface area contributed by atoms with Gasteiger partial charge in [-0.25, -0.2) is 0 Å². The molecule has 2 atom stereocenters. The van der Waals surface area contributed by atoms with Crippen molar-refractivity contribution in [2.75, 3.05) is 6.54 Å². The third-order valence-corrected chi connectivity index (χ3v) is 2.21. The summed E-state index contributed by atoms with van der Waals surface area (Å²) >= 11 is 0. The molecule has 1 unspecified atom stereocenters. The van der Waals surface area contributed by atoms with Crippen LogP contribution in [0.4, 0.5) is 0 Å². The highest BCUT2D eigenvalue weighted by Crippen LogP contribution is 2.03. The zero-order valence-electron chi connectivity index (χ0n) is 8.48. The Labute approximate surface area is 71.6 Å². The maximum atomic E-state index is 3.52. The molecule has 0 aliphatic heterocycles. The van der Waals surface area contributed by atoms with Crippen molar-refractivity contribution >= 4 is 0 Å². The molecule has 0 saturated heterocycles. The first kappa shape index (κ1) is 11.0. The van der Waals surface area contributed by atoms with Crippen LogP contribution < -0.4 is 5.32 Å². The highest BCUT2D eigenvalue weighted by Gasteiger charge is 2.01. The molecule has 1 N–H and O–H groups in total. The van der Waals surface area contributed by atoms with Gasteiger partial charge in [-0.15, -0.1) is 0 Å². The van der Waals surface area contributed by atoms with Crippen molar-refractivity contribution < 1.29 is 0 Å². The van der Waals surface area contributed by atoms with E-state index in [2.05, 4.69) is 33.0 Å². The van der Waals surface area contributed by atoms with Crippen LogP contribution in [-0.4, -0.2) is 12.6 Å². The van der Waals surface area contributed by atoms with E-state index in [0.717, 1.165) is 5.92 Å². The smallest absolute Gasteiger partial charge is 0.00362 e. The maximum absolute atomic E-state index is 3.52. The predicted molar refractivity (Wildman–Crippen MR) is 51.8 cm³/mol. The van der Waals surface area contributed by atoms with Gasteiger partial charge in [0.2, 0.25) is 0 Å². The number of nitrogens with one attached hydrogen (secondary N) is 1. The Kier molecular flexibility index (Phi) is 6.63. The van der Waals surface area contributed by atoms with Gasteiger partial charge in [-0.05, 0) is 32.2 Å². The molecule has 0 radical (unpaired) electrons. The zero-order valence-corrected chi connectivity index (χ0v) is 8.48. The summed E-state index contributed by atoms with van der Waals surface area (Å²) in [7, 11) is 0. The van der Waals surface area contributed by atoms with E-state index in [4.69, 9.17) is 0 Å². The van der Waals surface area contributed by atoms with Crippen LogP contribution in [0.15, 0.2) is 0 Å². The van der Waals surface area contributed by atoms with Crippen molar-refractivity contribution in [3.8, 4) is 0 Å². The van der Waals surface area contributed by atoms with Crippen LogP contribution in [0.1, 0.15) is 47.0 Å². The lowest BCUT2D eigenvalue weighted by atomic mass is 10.1. The molecule has 11 heavy (non-hydrogen) atoms. The van der Waals surface area contributed by atoms with Gasteiger partial charge < -0.3 is 5.32 Å². The van der Waals surface area contributed by atoms with Crippen LogP contribution in [0.3, 0.4) is 0 Å². The molecule has 0 fully saturated rings. The molecular formula is C10H23N. The summed E-state index contributed by atoms with van der Waals surface area (Å²) < 4.78 is 0. The van der Waals surface area contributed by atoms with Crippen molar-refractivity contribution in [1.82, 2.24) is 5.32 Å². The lowest BCUT2D eigenvalue weighted by molar-refractivity contribution is 0.432. The lowest BCUT2D eigenvalue weighted by Gasteiger charge is -2.15. The fourth-order valence-corrected chi connectivity index (χ4v) is 1.14. The van der Waals surface area contributed by atoms with Crippen molar-refractivity contribution in [1.29, 1.82) is 0 Å². The van der Waals surface area contributed by atoms with Gasteiger partial charge in [-0.1, -0.05) is 27.2 Å². The summed E-state index contributed by atoms with van der Waals surface area (Å²) in [6, 6.07) is 0.689. The molecule has 0 aliphatic rings. The Bertz CT molecular complexity index is 80.9. The molecule has 0 aromatic heterocycles. The monoisotopic (exact) mass is 157 g/mol. The van der Waals surface area contributed by atoms with Gasteiger partial charge in [0, 0.05) is 6.04 Å². The lowest BCUT2D eigenvalue weighted by Crippen LogP contribution is -2.29. The van der Waals surface area contributed by atoms with E-state index in [1.165, 1.54) is 25.8 Å². The second-order valence-electron chi connectivity index (χ2n) is 3.61. The van der Waals surface area contributed by atoms with Gasteiger partial charge in [0.15, 0.2) is 0 Å². The van der Waals surface area contributed by atoms with Crippen LogP contribution in [-0.2, 0) is 0 Å². The standard InChI is InChI=1S/C10H23N/c1-5-7-9(3)8-11-10(4)6-2/h9-11H,5-8H2,1-4H3/t9?,10-/m0/s1. The topological polar surface area (TPSA) is 12.0 Å². The Hall–Kier alpha value is -0.0400. The van der Waals surface area contributed by atoms with Gasteiger partial charge >= 0.3 is 0 Å². The van der Waals surface area contributed by atoms with Crippen LogP contribution in [0, 0.1) is 5.92 Å². The van der Waals surface area contributed by atoms with E-state index in [-0.39, 0.29) is 0 Å². The Morgan fingerprint density at radius 2 is 1.82 bits per heavy atom. The summed E-state index contributed by atoms with van der Waals surface area (Å²) in [5, 5.41) is 3.52. The predicted octanol–water partition coefficient (Wildman–Crippen LogP) is 2.81. The Balaban J connectivity index is 3.22. The van der Waals surface area contributed by atoms with Gasteiger partial charge in [-0.3, -0.25) is 0 Å². The summed E-state index contributed by atoms with van der Waals surface area (Å²) in [5.74, 6) is 0.842. The summed E-state index contributed by atoms with van der Waals surface area (Å²) in [6.45, 7) is 10.2. The summed E-state index contributed by atoms with van der Waals surface area (Å²) in [6.07, 6.45) is 3.89. The highest BCUT2D eigenvalue weighted by molar-refractivity contribution is 4.61. The molecule has 0 amide bonds. The molecule has 1 nitrogen and oxygen atoms in total. The van der Waals surface area contributed by atoms with Crippen LogP contribution in [0.25, 0.3) is 0 Å². The van der Waals surface area contributed by atoms with Gasteiger partial charge in [0.05, 0.1) is 0 Å². The quantitative estimate of drug-likeness (QED) is 0.625. The Morgan fingerprint density at radius 1 is 1.18 bits per heavy atom. The third-order valence-electron chi connectivity index (χ3n) is 2.21. The molecule has 0 aliphatic carbocycles. The zero-order chi connectivity index (χ0) is 8.69. The Morgan fingerprint density at radius 3 is 2.27 bits per heavy atom. The first-order chi connectivity index (χ1) is 5.20. The molecule has 0 bridgehead atoms. The van der Waals surface area contributed by atoms with Gasteiger partial charge in [0.1, 0.15) is 0 Å². The highest BCUT2D eigenvalue weighted by atomic mass is 14.9. The van der Waals surface area contributed by atoms with Crippen molar-refractivity contribution in [3.63, 3.8) is 0 Å². The number of hydrogen-bond acceptors (Lipinski definition) is 1. The molecule has 0 spiro atoms. The summed E-state index contributed by atoms with van der Waals surface area (Å²) in [4.78, 5) is 0. The van der Waals surface area contributed by atoms with Gasteiger partial charge in [0.25, 0.3) is 0 Å². The van der Waals surface area contributed by atoms with Crippen molar-refractivity contribution in [2.24, 2.45) is 5.92 Å². The fraction of sp³-hybridized carbons (Fsp3) is 1.00. The molecule has 0 rings (SSSR count).